The molecule has 184 valence electrons. The molecule has 1 aromatic carbocycles. The van der Waals surface area contributed by atoms with Gasteiger partial charge < -0.3 is 14.9 Å². The second kappa shape index (κ2) is 9.66. The molecular formula is C28H34N4O3. The standard InChI is InChI=1S/C28H34N4O3/c1-17(2)20-10-12-21(13-11-20)24-22(26(34)28(35)32(24)16-8-14-30(5)6)25(33)23-19(4)29-27-18(3)9-7-15-31(23)27/h7,9-13,15,17,24,33H,8,14,16H2,1-6H3/b25-22+/t24-/m0/s1. The largest absolute Gasteiger partial charge is 0.505 e. The first kappa shape index (κ1) is 24.7. The molecule has 3 heterocycles. The van der Waals surface area contributed by atoms with Gasteiger partial charge in [-0.05, 0) is 69.6 Å². The molecule has 1 aliphatic rings. The fourth-order valence-electron chi connectivity index (χ4n) is 4.81. The lowest BCUT2D eigenvalue weighted by molar-refractivity contribution is -0.139. The maximum Gasteiger partial charge on any atom is 0.295 e. The molecule has 0 bridgehead atoms. The number of ketones is 1. The second-order valence-electron chi connectivity index (χ2n) is 9.90. The molecule has 1 aliphatic heterocycles. The van der Waals surface area contributed by atoms with E-state index in [2.05, 4.69) is 18.8 Å². The predicted molar refractivity (Wildman–Crippen MR) is 137 cm³/mol. The summed E-state index contributed by atoms with van der Waals surface area (Å²) in [5, 5.41) is 11.6. The molecule has 1 amide bonds. The van der Waals surface area contributed by atoms with Crippen molar-refractivity contribution in [3.8, 4) is 0 Å². The quantitative estimate of drug-likeness (QED) is 0.311. The highest BCUT2D eigenvalue weighted by atomic mass is 16.3. The van der Waals surface area contributed by atoms with Gasteiger partial charge in [-0.1, -0.05) is 44.2 Å². The first-order chi connectivity index (χ1) is 16.6. The molecule has 1 N–H and O–H groups in total. The molecule has 7 nitrogen and oxygen atoms in total. The van der Waals surface area contributed by atoms with Gasteiger partial charge >= 0.3 is 0 Å². The summed E-state index contributed by atoms with van der Waals surface area (Å²) in [5.41, 5.74) is 4.81. The number of aryl methyl sites for hydroxylation is 2. The summed E-state index contributed by atoms with van der Waals surface area (Å²) in [6.07, 6.45) is 2.53. The topological polar surface area (TPSA) is 78.1 Å². The molecule has 1 fully saturated rings. The lowest BCUT2D eigenvalue weighted by Gasteiger charge is -2.26. The number of likely N-dealkylation sites (tertiary alicyclic amines) is 1. The summed E-state index contributed by atoms with van der Waals surface area (Å²) >= 11 is 0. The van der Waals surface area contributed by atoms with Crippen molar-refractivity contribution in [1.82, 2.24) is 19.2 Å². The smallest absolute Gasteiger partial charge is 0.295 e. The van der Waals surface area contributed by atoms with Crippen LogP contribution in [0.25, 0.3) is 11.4 Å². The van der Waals surface area contributed by atoms with Gasteiger partial charge in [0.2, 0.25) is 0 Å². The SMILES string of the molecule is Cc1nc2c(C)cccn2c1/C(O)=C1\C(=O)C(=O)N(CCCN(C)C)[C@H]1c1ccc(C(C)C)cc1. The average Bonchev–Trinajstić information content (AvgIpc) is 3.28. The number of aliphatic hydroxyl groups excluding tert-OH is 1. The predicted octanol–water partition coefficient (Wildman–Crippen LogP) is 4.45. The molecular weight excluding hydrogens is 440 g/mol. The van der Waals surface area contributed by atoms with Gasteiger partial charge in [-0.3, -0.25) is 14.0 Å². The number of carbonyl (C=O) groups excluding carboxylic acids is 2. The number of pyridine rings is 1. The normalized spacial score (nSPS) is 17.9. The van der Waals surface area contributed by atoms with Gasteiger partial charge in [-0.15, -0.1) is 0 Å². The Hall–Kier alpha value is -3.45. The van der Waals surface area contributed by atoms with Crippen molar-refractivity contribution in [2.75, 3.05) is 27.2 Å². The Morgan fingerprint density at radius 3 is 2.43 bits per heavy atom. The zero-order valence-electron chi connectivity index (χ0n) is 21.4. The van der Waals surface area contributed by atoms with Crippen LogP contribution in [0.15, 0.2) is 48.2 Å². The van der Waals surface area contributed by atoms with Crippen LogP contribution in [0.5, 0.6) is 0 Å². The van der Waals surface area contributed by atoms with E-state index >= 15 is 0 Å². The van der Waals surface area contributed by atoms with Crippen molar-refractivity contribution in [1.29, 1.82) is 0 Å². The number of hydrogen-bond acceptors (Lipinski definition) is 5. The van der Waals surface area contributed by atoms with E-state index in [4.69, 9.17) is 0 Å². The Morgan fingerprint density at radius 2 is 1.80 bits per heavy atom. The van der Waals surface area contributed by atoms with Crippen LogP contribution >= 0.6 is 0 Å². The number of Topliss-reactive ketones (excluding diaryl/α,β-unsaturated/α-hetero) is 1. The minimum atomic E-state index is -0.660. The average molecular weight is 475 g/mol. The minimum Gasteiger partial charge on any atom is -0.505 e. The van der Waals surface area contributed by atoms with Crippen LogP contribution in [0.3, 0.4) is 0 Å². The second-order valence-corrected chi connectivity index (χ2v) is 9.90. The van der Waals surface area contributed by atoms with Gasteiger partial charge in [-0.25, -0.2) is 4.98 Å². The van der Waals surface area contributed by atoms with Gasteiger partial charge in [0.1, 0.15) is 11.3 Å². The van der Waals surface area contributed by atoms with Gasteiger partial charge in [0, 0.05) is 12.7 Å². The van der Waals surface area contributed by atoms with Crippen molar-refractivity contribution in [3.63, 3.8) is 0 Å². The Labute approximate surface area is 206 Å². The van der Waals surface area contributed by atoms with Crippen molar-refractivity contribution in [2.45, 2.75) is 46.1 Å². The van der Waals surface area contributed by atoms with E-state index < -0.39 is 17.7 Å². The molecule has 4 rings (SSSR count). The van der Waals surface area contributed by atoms with Crippen LogP contribution in [-0.4, -0.2) is 63.2 Å². The van der Waals surface area contributed by atoms with Gasteiger partial charge in [-0.2, -0.15) is 0 Å². The van der Waals surface area contributed by atoms with Crippen LogP contribution in [0.4, 0.5) is 0 Å². The summed E-state index contributed by atoms with van der Waals surface area (Å²) in [6, 6.07) is 11.2. The van der Waals surface area contributed by atoms with Gasteiger partial charge in [0.25, 0.3) is 11.7 Å². The molecule has 1 atom stereocenters. The van der Waals surface area contributed by atoms with Crippen molar-refractivity contribution in [2.24, 2.45) is 0 Å². The van der Waals surface area contributed by atoms with Crippen LogP contribution in [0.2, 0.25) is 0 Å². The lowest BCUT2D eigenvalue weighted by Crippen LogP contribution is -2.32. The number of aromatic nitrogens is 2. The van der Waals surface area contributed by atoms with Gasteiger partial charge in [0.15, 0.2) is 5.76 Å². The maximum absolute atomic E-state index is 13.4. The summed E-state index contributed by atoms with van der Waals surface area (Å²) in [6.45, 7) is 9.21. The third kappa shape index (κ3) is 4.48. The third-order valence-electron chi connectivity index (χ3n) is 6.71. The number of hydrogen-bond donors (Lipinski definition) is 1. The van der Waals surface area contributed by atoms with Crippen LogP contribution in [0.1, 0.15) is 60.3 Å². The van der Waals surface area contributed by atoms with E-state index in [-0.39, 0.29) is 11.3 Å². The lowest BCUT2D eigenvalue weighted by atomic mass is 9.93. The van der Waals surface area contributed by atoms with Crippen molar-refractivity contribution < 1.29 is 14.7 Å². The third-order valence-corrected chi connectivity index (χ3v) is 6.71. The highest BCUT2D eigenvalue weighted by Gasteiger charge is 2.46. The van der Waals surface area contributed by atoms with Crippen molar-refractivity contribution in [3.05, 3.63) is 76.2 Å². The Balaban J connectivity index is 1.88. The van der Waals surface area contributed by atoms with E-state index in [0.29, 0.717) is 35.9 Å². The molecule has 7 heteroatoms. The number of fused-ring (bicyclic) bond motifs is 1. The van der Waals surface area contributed by atoms with Crippen molar-refractivity contribution >= 4 is 23.1 Å². The molecule has 2 aromatic heterocycles. The first-order valence-electron chi connectivity index (χ1n) is 12.1. The Kier molecular flexibility index (Phi) is 6.81. The fraction of sp³-hybridized carbons (Fsp3) is 0.393. The number of carbonyl (C=O) groups is 2. The highest BCUT2D eigenvalue weighted by Crippen LogP contribution is 2.40. The van der Waals surface area contributed by atoms with E-state index in [1.165, 1.54) is 5.56 Å². The fourth-order valence-corrected chi connectivity index (χ4v) is 4.81. The molecule has 0 radical (unpaired) electrons. The Bertz CT molecular complexity index is 1300. The number of aliphatic hydroxyl groups is 1. The Morgan fingerprint density at radius 1 is 1.11 bits per heavy atom. The van der Waals surface area contributed by atoms with Crippen LogP contribution < -0.4 is 0 Å². The highest BCUT2D eigenvalue weighted by molar-refractivity contribution is 6.46. The monoisotopic (exact) mass is 474 g/mol. The molecule has 3 aromatic rings. The van der Waals surface area contributed by atoms with Gasteiger partial charge in [0.05, 0.1) is 17.3 Å². The van der Waals surface area contributed by atoms with E-state index in [1.807, 2.05) is 68.5 Å². The number of imidazole rings is 1. The number of rotatable bonds is 7. The minimum absolute atomic E-state index is 0.114. The van der Waals surface area contributed by atoms with E-state index in [0.717, 1.165) is 17.7 Å². The van der Waals surface area contributed by atoms with Crippen LogP contribution in [0, 0.1) is 13.8 Å². The molecule has 35 heavy (non-hydrogen) atoms. The summed E-state index contributed by atoms with van der Waals surface area (Å²) in [4.78, 5) is 34.9. The molecule has 0 spiro atoms. The summed E-state index contributed by atoms with van der Waals surface area (Å²) in [5.74, 6) is -1.07. The number of amides is 1. The summed E-state index contributed by atoms with van der Waals surface area (Å²) < 4.78 is 1.79. The maximum atomic E-state index is 13.4. The molecule has 1 saturated heterocycles. The molecule has 0 unspecified atom stereocenters. The summed E-state index contributed by atoms with van der Waals surface area (Å²) in [7, 11) is 3.96. The van der Waals surface area contributed by atoms with E-state index in [9.17, 15) is 14.7 Å². The zero-order chi connectivity index (χ0) is 25.4. The van der Waals surface area contributed by atoms with Crippen LogP contribution in [-0.2, 0) is 9.59 Å². The zero-order valence-corrected chi connectivity index (χ0v) is 21.4. The number of benzene rings is 1. The van der Waals surface area contributed by atoms with E-state index in [1.54, 1.807) is 16.2 Å². The number of nitrogens with zero attached hydrogens (tertiary/aromatic N) is 4. The molecule has 0 saturated carbocycles. The molecule has 0 aliphatic carbocycles. The first-order valence-corrected chi connectivity index (χ1v) is 12.1.